The Morgan fingerprint density at radius 3 is 2.11 bits per heavy atom. The minimum Gasteiger partial charge on any atom is -0.307 e. The minimum atomic E-state index is 0.490. The highest BCUT2D eigenvalue weighted by Gasteiger charge is 2.13. The molecule has 1 heteroatoms. The maximum atomic E-state index is 3.77. The molecule has 18 heavy (non-hydrogen) atoms. The van der Waals surface area contributed by atoms with E-state index in [0.29, 0.717) is 12.1 Å². The Labute approximate surface area is 113 Å². The van der Waals surface area contributed by atoms with Crippen LogP contribution < -0.4 is 5.32 Å². The first kappa shape index (κ1) is 15.2. The van der Waals surface area contributed by atoms with Crippen LogP contribution in [0, 0.1) is 12.8 Å². The lowest BCUT2D eigenvalue weighted by Gasteiger charge is -2.24. The molecule has 0 saturated heterocycles. The number of hydrogen-bond donors (Lipinski definition) is 1. The molecule has 0 amide bonds. The van der Waals surface area contributed by atoms with Crippen molar-refractivity contribution >= 4 is 0 Å². The second-order valence-electron chi connectivity index (χ2n) is 5.69. The monoisotopic (exact) mass is 247 g/mol. The van der Waals surface area contributed by atoms with E-state index in [9.17, 15) is 0 Å². The lowest BCUT2D eigenvalue weighted by Crippen LogP contribution is -2.31. The Morgan fingerprint density at radius 2 is 1.61 bits per heavy atom. The van der Waals surface area contributed by atoms with Crippen molar-refractivity contribution in [3.05, 3.63) is 35.4 Å². The molecule has 102 valence electrons. The summed E-state index contributed by atoms with van der Waals surface area (Å²) in [5, 5.41) is 3.77. The molecule has 3 atom stereocenters. The van der Waals surface area contributed by atoms with Crippen LogP contribution in [0.3, 0.4) is 0 Å². The number of rotatable bonds is 7. The molecule has 0 aliphatic heterocycles. The lowest BCUT2D eigenvalue weighted by molar-refractivity contribution is 0.371. The molecular weight excluding hydrogens is 218 g/mol. The van der Waals surface area contributed by atoms with Crippen LogP contribution in [0.2, 0.25) is 0 Å². The Morgan fingerprint density at radius 1 is 1.00 bits per heavy atom. The summed E-state index contributed by atoms with van der Waals surface area (Å²) in [5.74, 6) is 0.808. The van der Waals surface area contributed by atoms with E-state index in [2.05, 4.69) is 64.2 Å². The van der Waals surface area contributed by atoms with Gasteiger partial charge in [0.2, 0.25) is 0 Å². The van der Waals surface area contributed by atoms with Gasteiger partial charge in [-0.3, -0.25) is 0 Å². The largest absolute Gasteiger partial charge is 0.307 e. The zero-order chi connectivity index (χ0) is 13.5. The van der Waals surface area contributed by atoms with Gasteiger partial charge in [0, 0.05) is 12.1 Å². The van der Waals surface area contributed by atoms with Gasteiger partial charge in [-0.15, -0.1) is 0 Å². The van der Waals surface area contributed by atoms with E-state index in [-0.39, 0.29) is 0 Å². The average Bonchev–Trinajstić information content (AvgIpc) is 2.37. The van der Waals surface area contributed by atoms with E-state index >= 15 is 0 Å². The van der Waals surface area contributed by atoms with Crippen LogP contribution >= 0.6 is 0 Å². The van der Waals surface area contributed by atoms with Crippen molar-refractivity contribution in [3.63, 3.8) is 0 Å². The molecule has 1 nitrogen and oxygen atoms in total. The van der Waals surface area contributed by atoms with Crippen LogP contribution in [0.25, 0.3) is 0 Å². The number of hydrogen-bond acceptors (Lipinski definition) is 1. The second kappa shape index (κ2) is 7.58. The molecule has 0 fully saturated rings. The zero-order valence-electron chi connectivity index (χ0n) is 12.7. The molecule has 1 aromatic rings. The van der Waals surface area contributed by atoms with Gasteiger partial charge in [-0.25, -0.2) is 0 Å². The molecule has 0 saturated carbocycles. The van der Waals surface area contributed by atoms with Crippen molar-refractivity contribution in [2.75, 3.05) is 0 Å². The molecule has 1 rings (SSSR count). The average molecular weight is 247 g/mol. The first-order valence-corrected chi connectivity index (χ1v) is 7.39. The van der Waals surface area contributed by atoms with Gasteiger partial charge < -0.3 is 5.32 Å². The maximum Gasteiger partial charge on any atom is 0.0319 e. The van der Waals surface area contributed by atoms with Gasteiger partial charge in [-0.2, -0.15) is 0 Å². The Kier molecular flexibility index (Phi) is 6.42. The van der Waals surface area contributed by atoms with Gasteiger partial charge in [-0.1, -0.05) is 57.0 Å². The molecular formula is C17H29N. The van der Waals surface area contributed by atoms with Crippen molar-refractivity contribution in [2.24, 2.45) is 5.92 Å². The molecule has 0 radical (unpaired) electrons. The van der Waals surface area contributed by atoms with Crippen molar-refractivity contribution in [2.45, 2.75) is 66.0 Å². The smallest absolute Gasteiger partial charge is 0.0319 e. The standard InChI is InChI=1S/C17H29N/c1-6-13(3)12-15(5)18-17(7-2)16-10-8-14(4)9-11-16/h8-11,13,15,17-18H,6-7,12H2,1-5H3. The summed E-state index contributed by atoms with van der Waals surface area (Å²) in [6.45, 7) is 11.3. The molecule has 0 aliphatic rings. The molecule has 1 N–H and O–H groups in total. The molecule has 0 aliphatic carbocycles. The SMILES string of the molecule is CCC(C)CC(C)NC(CC)c1ccc(C)cc1. The van der Waals surface area contributed by atoms with Crippen LogP contribution in [0.4, 0.5) is 0 Å². The molecule has 0 aromatic heterocycles. The summed E-state index contributed by atoms with van der Waals surface area (Å²) in [5.41, 5.74) is 2.75. The van der Waals surface area contributed by atoms with Crippen molar-refractivity contribution in [1.29, 1.82) is 0 Å². The van der Waals surface area contributed by atoms with E-state index in [0.717, 1.165) is 12.3 Å². The van der Waals surface area contributed by atoms with E-state index in [1.807, 2.05) is 0 Å². The lowest BCUT2D eigenvalue weighted by atomic mass is 9.97. The minimum absolute atomic E-state index is 0.490. The Bertz CT molecular complexity index is 328. The van der Waals surface area contributed by atoms with Gasteiger partial charge in [0.25, 0.3) is 0 Å². The maximum absolute atomic E-state index is 3.77. The van der Waals surface area contributed by atoms with Gasteiger partial charge in [0.15, 0.2) is 0 Å². The summed E-state index contributed by atoms with van der Waals surface area (Å²) < 4.78 is 0. The van der Waals surface area contributed by atoms with E-state index in [1.54, 1.807) is 0 Å². The third-order valence-corrected chi connectivity index (χ3v) is 3.83. The van der Waals surface area contributed by atoms with Crippen LogP contribution in [0.15, 0.2) is 24.3 Å². The quantitative estimate of drug-likeness (QED) is 0.725. The zero-order valence-corrected chi connectivity index (χ0v) is 12.7. The van der Waals surface area contributed by atoms with Crippen LogP contribution in [0.1, 0.15) is 64.1 Å². The van der Waals surface area contributed by atoms with Crippen LogP contribution in [0.5, 0.6) is 0 Å². The Balaban J connectivity index is 2.58. The van der Waals surface area contributed by atoms with Gasteiger partial charge in [-0.05, 0) is 38.2 Å². The topological polar surface area (TPSA) is 12.0 Å². The first-order chi connectivity index (χ1) is 8.56. The van der Waals surface area contributed by atoms with Crippen molar-refractivity contribution in [3.8, 4) is 0 Å². The molecule has 3 unspecified atom stereocenters. The summed E-state index contributed by atoms with van der Waals surface area (Å²) >= 11 is 0. The van der Waals surface area contributed by atoms with Crippen LogP contribution in [-0.4, -0.2) is 6.04 Å². The third kappa shape index (κ3) is 4.81. The summed E-state index contributed by atoms with van der Waals surface area (Å²) in [6.07, 6.45) is 3.68. The fourth-order valence-electron chi connectivity index (χ4n) is 2.43. The second-order valence-corrected chi connectivity index (χ2v) is 5.69. The molecule has 0 heterocycles. The van der Waals surface area contributed by atoms with Crippen molar-refractivity contribution < 1.29 is 0 Å². The summed E-state index contributed by atoms with van der Waals surface area (Å²) in [4.78, 5) is 0. The number of benzene rings is 1. The van der Waals surface area contributed by atoms with Crippen LogP contribution in [-0.2, 0) is 0 Å². The first-order valence-electron chi connectivity index (χ1n) is 7.39. The number of nitrogens with one attached hydrogen (secondary N) is 1. The summed E-state index contributed by atoms with van der Waals surface area (Å²) in [7, 11) is 0. The van der Waals surface area contributed by atoms with Crippen molar-refractivity contribution in [1.82, 2.24) is 5.32 Å². The predicted octanol–water partition coefficient (Wildman–Crippen LogP) is 4.86. The highest BCUT2D eigenvalue weighted by Crippen LogP contribution is 2.19. The molecule has 0 bridgehead atoms. The molecule has 1 aromatic carbocycles. The van der Waals surface area contributed by atoms with Gasteiger partial charge in [0.05, 0.1) is 0 Å². The third-order valence-electron chi connectivity index (χ3n) is 3.83. The van der Waals surface area contributed by atoms with E-state index in [4.69, 9.17) is 0 Å². The Hall–Kier alpha value is -0.820. The van der Waals surface area contributed by atoms with E-state index < -0.39 is 0 Å². The fraction of sp³-hybridized carbons (Fsp3) is 0.647. The highest BCUT2D eigenvalue weighted by molar-refractivity contribution is 5.24. The predicted molar refractivity (Wildman–Crippen MR) is 80.9 cm³/mol. The number of aryl methyl sites for hydroxylation is 1. The highest BCUT2D eigenvalue weighted by atomic mass is 14.9. The van der Waals surface area contributed by atoms with Gasteiger partial charge >= 0.3 is 0 Å². The summed E-state index contributed by atoms with van der Waals surface area (Å²) in [6, 6.07) is 10.0. The molecule has 0 spiro atoms. The van der Waals surface area contributed by atoms with Gasteiger partial charge in [0.1, 0.15) is 0 Å². The van der Waals surface area contributed by atoms with E-state index in [1.165, 1.54) is 24.0 Å². The fourth-order valence-corrected chi connectivity index (χ4v) is 2.43. The normalized spacial score (nSPS) is 16.3.